The number of para-hydroxylation sites is 1. The molecule has 0 fully saturated rings. The van der Waals surface area contributed by atoms with Crippen LogP contribution in [-0.2, 0) is 4.74 Å². The first kappa shape index (κ1) is 15.6. The van der Waals surface area contributed by atoms with E-state index in [0.29, 0.717) is 12.2 Å². The van der Waals surface area contributed by atoms with Crippen LogP contribution in [0.2, 0.25) is 0 Å². The molecular weight excluding hydrogens is 330 g/mol. The maximum Gasteiger partial charge on any atom is 0.338 e. The smallest absolute Gasteiger partial charge is 0.338 e. The molecule has 1 atom stereocenters. The minimum atomic E-state index is -0.285. The fraction of sp³-hybridized carbons (Fsp3) is 0.235. The highest BCUT2D eigenvalue weighted by molar-refractivity contribution is 9.10. The van der Waals surface area contributed by atoms with Gasteiger partial charge in [-0.1, -0.05) is 24.3 Å². The third-order valence-corrected chi connectivity index (χ3v) is 3.84. The van der Waals surface area contributed by atoms with Crippen molar-refractivity contribution in [3.8, 4) is 0 Å². The molecule has 0 aliphatic carbocycles. The van der Waals surface area contributed by atoms with Crippen molar-refractivity contribution in [2.24, 2.45) is 0 Å². The Bertz CT molecular complexity index is 628. The lowest BCUT2D eigenvalue weighted by atomic mass is 10.0. The largest absolute Gasteiger partial charge is 0.462 e. The van der Waals surface area contributed by atoms with Crippen molar-refractivity contribution >= 4 is 27.6 Å². The zero-order chi connectivity index (χ0) is 15.2. The molecule has 0 spiro atoms. The average Bonchev–Trinajstić information content (AvgIpc) is 2.50. The van der Waals surface area contributed by atoms with Gasteiger partial charge in [0.05, 0.1) is 12.2 Å². The number of nitrogens with one attached hydrogen (secondary N) is 1. The first-order chi connectivity index (χ1) is 10.1. The van der Waals surface area contributed by atoms with E-state index in [0.717, 1.165) is 15.7 Å². The average molecular weight is 348 g/mol. The minimum Gasteiger partial charge on any atom is -0.462 e. The summed E-state index contributed by atoms with van der Waals surface area (Å²) in [6.07, 6.45) is 0. The number of benzene rings is 2. The lowest BCUT2D eigenvalue weighted by Crippen LogP contribution is -2.09. The van der Waals surface area contributed by atoms with E-state index in [9.17, 15) is 4.79 Å². The predicted octanol–water partition coefficient (Wildman–Crippen LogP) is 4.80. The Kier molecular flexibility index (Phi) is 5.39. The van der Waals surface area contributed by atoms with Crippen LogP contribution in [0.4, 0.5) is 5.69 Å². The van der Waals surface area contributed by atoms with Crippen molar-refractivity contribution in [2.45, 2.75) is 19.9 Å². The van der Waals surface area contributed by atoms with E-state index in [1.165, 1.54) is 0 Å². The predicted molar refractivity (Wildman–Crippen MR) is 88.6 cm³/mol. The van der Waals surface area contributed by atoms with Crippen molar-refractivity contribution < 1.29 is 9.53 Å². The third kappa shape index (κ3) is 4.08. The molecule has 0 bridgehead atoms. The second-order valence-corrected chi connectivity index (χ2v) is 5.55. The summed E-state index contributed by atoms with van der Waals surface area (Å²) in [6.45, 7) is 4.25. The first-order valence-corrected chi connectivity index (χ1v) is 7.69. The lowest BCUT2D eigenvalue weighted by molar-refractivity contribution is 0.0526. The van der Waals surface area contributed by atoms with Crippen molar-refractivity contribution in [2.75, 3.05) is 11.9 Å². The number of rotatable bonds is 5. The maximum absolute atomic E-state index is 11.8. The van der Waals surface area contributed by atoms with E-state index in [1.807, 2.05) is 42.5 Å². The number of carbonyl (C=O) groups excluding carboxylic acids is 1. The molecule has 0 aliphatic rings. The molecule has 0 aliphatic heterocycles. The fourth-order valence-electron chi connectivity index (χ4n) is 2.04. The second kappa shape index (κ2) is 7.27. The number of esters is 1. The molecule has 0 heterocycles. The van der Waals surface area contributed by atoms with Gasteiger partial charge < -0.3 is 10.1 Å². The van der Waals surface area contributed by atoms with Gasteiger partial charge in [-0.25, -0.2) is 4.79 Å². The van der Waals surface area contributed by atoms with Crippen molar-refractivity contribution in [1.82, 2.24) is 0 Å². The molecule has 2 aromatic rings. The summed E-state index contributed by atoms with van der Waals surface area (Å²) < 4.78 is 6.05. The van der Waals surface area contributed by atoms with E-state index in [-0.39, 0.29) is 12.0 Å². The Balaban J connectivity index is 2.16. The molecule has 21 heavy (non-hydrogen) atoms. The van der Waals surface area contributed by atoms with Gasteiger partial charge in [0, 0.05) is 16.2 Å². The Morgan fingerprint density at radius 3 is 2.71 bits per heavy atom. The maximum atomic E-state index is 11.8. The standard InChI is InChI=1S/C17H18BrNO2/c1-3-21-17(20)14-8-6-7-13(11-14)12(2)19-16-10-5-4-9-15(16)18/h4-12,19H,3H2,1-2H3/t12-/m0/s1. The molecule has 4 heteroatoms. The number of halogens is 1. The number of hydrogen-bond donors (Lipinski definition) is 1. The van der Waals surface area contributed by atoms with Crippen molar-refractivity contribution in [3.05, 3.63) is 64.1 Å². The van der Waals surface area contributed by atoms with Crippen LogP contribution in [0.15, 0.2) is 53.0 Å². The summed E-state index contributed by atoms with van der Waals surface area (Å²) in [5.41, 5.74) is 2.64. The topological polar surface area (TPSA) is 38.3 Å². The van der Waals surface area contributed by atoms with E-state index in [2.05, 4.69) is 28.2 Å². The monoisotopic (exact) mass is 347 g/mol. The molecule has 2 rings (SSSR count). The Morgan fingerprint density at radius 1 is 1.24 bits per heavy atom. The van der Waals surface area contributed by atoms with Crippen LogP contribution in [0.3, 0.4) is 0 Å². The van der Waals surface area contributed by atoms with Gasteiger partial charge in [-0.3, -0.25) is 0 Å². The SMILES string of the molecule is CCOC(=O)c1cccc([C@H](C)Nc2ccccc2Br)c1. The van der Waals surface area contributed by atoms with Gasteiger partial charge in [-0.05, 0) is 59.6 Å². The van der Waals surface area contributed by atoms with Gasteiger partial charge >= 0.3 is 5.97 Å². The molecule has 0 amide bonds. The highest BCUT2D eigenvalue weighted by Gasteiger charge is 2.11. The summed E-state index contributed by atoms with van der Waals surface area (Å²) in [4.78, 5) is 11.8. The van der Waals surface area contributed by atoms with Gasteiger partial charge in [0.2, 0.25) is 0 Å². The summed E-state index contributed by atoms with van der Waals surface area (Å²) in [7, 11) is 0. The van der Waals surface area contributed by atoms with Gasteiger partial charge in [-0.15, -0.1) is 0 Å². The van der Waals surface area contributed by atoms with Crippen LogP contribution in [-0.4, -0.2) is 12.6 Å². The van der Waals surface area contributed by atoms with Gasteiger partial charge in [-0.2, -0.15) is 0 Å². The summed E-state index contributed by atoms with van der Waals surface area (Å²) in [5.74, 6) is -0.285. The number of anilines is 1. The van der Waals surface area contributed by atoms with Crippen molar-refractivity contribution in [1.29, 1.82) is 0 Å². The van der Waals surface area contributed by atoms with Gasteiger partial charge in [0.1, 0.15) is 0 Å². The van der Waals surface area contributed by atoms with Gasteiger partial charge in [0.25, 0.3) is 0 Å². The second-order valence-electron chi connectivity index (χ2n) is 4.69. The Hall–Kier alpha value is -1.81. The lowest BCUT2D eigenvalue weighted by Gasteiger charge is -2.17. The number of hydrogen-bond acceptors (Lipinski definition) is 3. The van der Waals surface area contributed by atoms with Crippen LogP contribution < -0.4 is 5.32 Å². The number of ether oxygens (including phenoxy) is 1. The molecule has 1 N–H and O–H groups in total. The van der Waals surface area contributed by atoms with Crippen molar-refractivity contribution in [3.63, 3.8) is 0 Å². The van der Waals surface area contributed by atoms with E-state index in [1.54, 1.807) is 13.0 Å². The Morgan fingerprint density at radius 2 is 2.00 bits per heavy atom. The quantitative estimate of drug-likeness (QED) is 0.789. The third-order valence-electron chi connectivity index (χ3n) is 3.14. The highest BCUT2D eigenvalue weighted by Crippen LogP contribution is 2.26. The zero-order valence-corrected chi connectivity index (χ0v) is 13.7. The normalized spacial score (nSPS) is 11.8. The van der Waals surface area contributed by atoms with Gasteiger partial charge in [0.15, 0.2) is 0 Å². The molecule has 3 nitrogen and oxygen atoms in total. The summed E-state index contributed by atoms with van der Waals surface area (Å²) >= 11 is 3.52. The van der Waals surface area contributed by atoms with Crippen LogP contribution in [0.1, 0.15) is 35.8 Å². The molecule has 110 valence electrons. The zero-order valence-electron chi connectivity index (χ0n) is 12.1. The minimum absolute atomic E-state index is 0.0816. The number of carbonyl (C=O) groups is 1. The van der Waals surface area contributed by atoms with E-state index in [4.69, 9.17) is 4.74 Å². The first-order valence-electron chi connectivity index (χ1n) is 6.90. The molecule has 2 aromatic carbocycles. The molecular formula is C17H18BrNO2. The molecule has 0 saturated heterocycles. The molecule has 0 unspecified atom stereocenters. The fourth-order valence-corrected chi connectivity index (χ4v) is 2.44. The van der Waals surface area contributed by atoms with Crippen LogP contribution in [0.5, 0.6) is 0 Å². The van der Waals surface area contributed by atoms with E-state index >= 15 is 0 Å². The van der Waals surface area contributed by atoms with Crippen LogP contribution in [0, 0.1) is 0 Å². The van der Waals surface area contributed by atoms with Crippen LogP contribution in [0.25, 0.3) is 0 Å². The summed E-state index contributed by atoms with van der Waals surface area (Å²) in [5, 5.41) is 3.43. The van der Waals surface area contributed by atoms with Crippen LogP contribution >= 0.6 is 15.9 Å². The molecule has 0 radical (unpaired) electrons. The highest BCUT2D eigenvalue weighted by atomic mass is 79.9. The molecule has 0 aromatic heterocycles. The Labute approximate surface area is 133 Å². The molecule has 0 saturated carbocycles. The summed E-state index contributed by atoms with van der Waals surface area (Å²) in [6, 6.07) is 15.5. The van der Waals surface area contributed by atoms with E-state index < -0.39 is 0 Å².